The Bertz CT molecular complexity index is 523. The van der Waals surface area contributed by atoms with E-state index < -0.39 is 10.8 Å². The topological polar surface area (TPSA) is 81.5 Å². The van der Waals surface area contributed by atoms with Crippen LogP contribution in [-0.2, 0) is 4.74 Å². The van der Waals surface area contributed by atoms with Crippen LogP contribution in [0.5, 0.6) is 0 Å². The molecule has 0 radical (unpaired) electrons. The molecule has 1 aliphatic heterocycles. The van der Waals surface area contributed by atoms with E-state index in [4.69, 9.17) is 4.74 Å². The molecule has 0 spiro atoms. The number of nitrogens with one attached hydrogen (secondary N) is 1. The molecule has 1 N–H and O–H groups in total. The molecule has 102 valence electrons. The third-order valence-corrected chi connectivity index (χ3v) is 3.17. The van der Waals surface area contributed by atoms with E-state index in [0.717, 1.165) is 5.56 Å². The molecule has 1 saturated heterocycles. The summed E-state index contributed by atoms with van der Waals surface area (Å²) in [5.74, 6) is -0.413. The summed E-state index contributed by atoms with van der Waals surface area (Å²) in [5.41, 5.74) is 0.690. The first-order valence-corrected chi connectivity index (χ1v) is 6.02. The normalized spacial score (nSPS) is 16.5. The molecule has 1 aromatic carbocycles. The number of nitrogens with zero attached hydrogens (tertiary/aromatic N) is 1. The van der Waals surface area contributed by atoms with E-state index in [0.29, 0.717) is 19.8 Å². The van der Waals surface area contributed by atoms with Crippen LogP contribution in [0.25, 0.3) is 0 Å². The number of nitro groups is 1. The fourth-order valence-electron chi connectivity index (χ4n) is 1.93. The van der Waals surface area contributed by atoms with Crippen LogP contribution in [0.3, 0.4) is 0 Å². The Labute approximate surface area is 110 Å². The van der Waals surface area contributed by atoms with Gasteiger partial charge in [0.15, 0.2) is 0 Å². The van der Waals surface area contributed by atoms with Crippen molar-refractivity contribution >= 4 is 11.6 Å². The van der Waals surface area contributed by atoms with Crippen LogP contribution >= 0.6 is 0 Å². The number of benzene rings is 1. The molecule has 1 amide bonds. The van der Waals surface area contributed by atoms with E-state index in [1.807, 2.05) is 6.92 Å². The highest BCUT2D eigenvalue weighted by molar-refractivity contribution is 5.98. The van der Waals surface area contributed by atoms with Crippen molar-refractivity contribution in [2.45, 2.75) is 13.8 Å². The number of hydrogen-bond donors (Lipinski definition) is 1. The second kappa shape index (κ2) is 4.97. The molecule has 1 heterocycles. The second-order valence-corrected chi connectivity index (χ2v) is 5.26. The van der Waals surface area contributed by atoms with Crippen molar-refractivity contribution in [3.8, 4) is 0 Å². The number of hydrogen-bond acceptors (Lipinski definition) is 4. The van der Waals surface area contributed by atoms with Gasteiger partial charge in [-0.15, -0.1) is 0 Å². The summed E-state index contributed by atoms with van der Waals surface area (Å²) in [4.78, 5) is 22.4. The molecular formula is C13H16N2O4. The maximum Gasteiger partial charge on any atom is 0.282 e. The quantitative estimate of drug-likeness (QED) is 0.662. The van der Waals surface area contributed by atoms with Crippen molar-refractivity contribution in [1.82, 2.24) is 5.32 Å². The summed E-state index contributed by atoms with van der Waals surface area (Å²) in [6.45, 7) is 5.45. The standard InChI is InChI=1S/C13H16N2O4/c1-9-3-4-11(15(17)18)10(5-9)12(16)14-6-13(2)7-19-8-13/h3-5H,6-8H2,1-2H3,(H,14,16). The van der Waals surface area contributed by atoms with Gasteiger partial charge in [0.25, 0.3) is 11.6 Å². The minimum absolute atomic E-state index is 0.0612. The zero-order valence-electron chi connectivity index (χ0n) is 10.9. The molecule has 6 heteroatoms. The van der Waals surface area contributed by atoms with Gasteiger partial charge in [0.05, 0.1) is 18.1 Å². The molecule has 6 nitrogen and oxygen atoms in total. The number of carbonyl (C=O) groups excluding carboxylic acids is 1. The number of ether oxygens (including phenoxy) is 1. The number of nitro benzene ring substituents is 1. The number of carbonyl (C=O) groups is 1. The average Bonchev–Trinajstić information content (AvgIpc) is 2.33. The zero-order valence-corrected chi connectivity index (χ0v) is 10.9. The van der Waals surface area contributed by atoms with E-state index in [1.54, 1.807) is 13.0 Å². The Morgan fingerprint density at radius 2 is 2.21 bits per heavy atom. The smallest absolute Gasteiger partial charge is 0.282 e. The fraction of sp³-hybridized carbons (Fsp3) is 0.462. The maximum absolute atomic E-state index is 12.1. The van der Waals surface area contributed by atoms with Gasteiger partial charge >= 0.3 is 0 Å². The van der Waals surface area contributed by atoms with Gasteiger partial charge in [0.2, 0.25) is 0 Å². The Morgan fingerprint density at radius 1 is 1.53 bits per heavy atom. The van der Waals surface area contributed by atoms with Crippen LogP contribution < -0.4 is 5.32 Å². The van der Waals surface area contributed by atoms with Crippen molar-refractivity contribution in [3.63, 3.8) is 0 Å². The first kappa shape index (κ1) is 13.5. The summed E-state index contributed by atoms with van der Waals surface area (Å²) in [6.07, 6.45) is 0. The predicted molar refractivity (Wildman–Crippen MR) is 69.1 cm³/mol. The van der Waals surface area contributed by atoms with Gasteiger partial charge in [-0.2, -0.15) is 0 Å². The Kier molecular flexibility index (Phi) is 3.53. The van der Waals surface area contributed by atoms with Crippen LogP contribution in [0.4, 0.5) is 5.69 Å². The van der Waals surface area contributed by atoms with Crippen molar-refractivity contribution in [3.05, 3.63) is 39.4 Å². The third kappa shape index (κ3) is 2.90. The second-order valence-electron chi connectivity index (χ2n) is 5.26. The van der Waals surface area contributed by atoms with E-state index in [2.05, 4.69) is 5.32 Å². The zero-order chi connectivity index (χ0) is 14.0. The van der Waals surface area contributed by atoms with Crippen molar-refractivity contribution in [2.75, 3.05) is 19.8 Å². The van der Waals surface area contributed by atoms with Gasteiger partial charge in [0.1, 0.15) is 5.56 Å². The molecule has 0 atom stereocenters. The molecule has 0 unspecified atom stereocenters. The minimum atomic E-state index is -0.539. The van der Waals surface area contributed by atoms with E-state index in [9.17, 15) is 14.9 Å². The summed E-state index contributed by atoms with van der Waals surface area (Å²) >= 11 is 0. The van der Waals surface area contributed by atoms with Crippen LogP contribution in [0.2, 0.25) is 0 Å². The summed E-state index contributed by atoms with van der Waals surface area (Å²) in [5, 5.41) is 13.7. The molecular weight excluding hydrogens is 248 g/mol. The van der Waals surface area contributed by atoms with Crippen molar-refractivity contribution < 1.29 is 14.5 Å². The van der Waals surface area contributed by atoms with Gasteiger partial charge in [0, 0.05) is 18.0 Å². The van der Waals surface area contributed by atoms with E-state index in [1.165, 1.54) is 12.1 Å². The highest BCUT2D eigenvalue weighted by Crippen LogP contribution is 2.26. The predicted octanol–water partition coefficient (Wildman–Crippen LogP) is 1.67. The lowest BCUT2D eigenvalue weighted by atomic mass is 9.88. The van der Waals surface area contributed by atoms with Crippen molar-refractivity contribution in [2.24, 2.45) is 5.41 Å². The highest BCUT2D eigenvalue weighted by atomic mass is 16.6. The average molecular weight is 264 g/mol. The molecule has 1 aliphatic rings. The monoisotopic (exact) mass is 264 g/mol. The van der Waals surface area contributed by atoms with Gasteiger partial charge < -0.3 is 10.1 Å². The lowest BCUT2D eigenvalue weighted by Crippen LogP contribution is -2.48. The van der Waals surface area contributed by atoms with Gasteiger partial charge in [-0.1, -0.05) is 13.0 Å². The van der Waals surface area contributed by atoms with E-state index in [-0.39, 0.29) is 16.7 Å². The van der Waals surface area contributed by atoms with Crippen molar-refractivity contribution in [1.29, 1.82) is 0 Å². The summed E-state index contributed by atoms with van der Waals surface area (Å²) in [7, 11) is 0. The Balaban J connectivity index is 2.13. The summed E-state index contributed by atoms with van der Waals surface area (Å²) < 4.78 is 5.10. The molecule has 0 bridgehead atoms. The summed E-state index contributed by atoms with van der Waals surface area (Å²) in [6, 6.07) is 4.52. The van der Waals surface area contributed by atoms with Crippen LogP contribution in [0.15, 0.2) is 18.2 Å². The van der Waals surface area contributed by atoms with Gasteiger partial charge in [-0.05, 0) is 18.6 Å². The van der Waals surface area contributed by atoms with E-state index >= 15 is 0 Å². The lowest BCUT2D eigenvalue weighted by molar-refractivity contribution is -0.385. The fourth-order valence-corrected chi connectivity index (χ4v) is 1.93. The number of aryl methyl sites for hydroxylation is 1. The maximum atomic E-state index is 12.1. The SMILES string of the molecule is Cc1ccc([N+](=O)[O-])c(C(=O)NCC2(C)COC2)c1. The van der Waals surface area contributed by atoms with Crippen LogP contribution in [0, 0.1) is 22.5 Å². The van der Waals surface area contributed by atoms with Crippen LogP contribution in [0.1, 0.15) is 22.8 Å². The number of rotatable bonds is 4. The van der Waals surface area contributed by atoms with Gasteiger partial charge in [-0.25, -0.2) is 0 Å². The third-order valence-electron chi connectivity index (χ3n) is 3.17. The molecule has 1 aromatic rings. The Morgan fingerprint density at radius 3 is 2.74 bits per heavy atom. The Hall–Kier alpha value is -1.95. The number of amides is 1. The minimum Gasteiger partial charge on any atom is -0.380 e. The molecule has 19 heavy (non-hydrogen) atoms. The van der Waals surface area contributed by atoms with Gasteiger partial charge in [-0.3, -0.25) is 14.9 Å². The molecule has 2 rings (SSSR count). The molecule has 0 saturated carbocycles. The molecule has 1 fully saturated rings. The molecule has 0 aliphatic carbocycles. The first-order chi connectivity index (χ1) is 8.91. The largest absolute Gasteiger partial charge is 0.380 e. The van der Waals surface area contributed by atoms with Crippen LogP contribution in [-0.4, -0.2) is 30.6 Å². The lowest BCUT2D eigenvalue weighted by Gasteiger charge is -2.37. The highest BCUT2D eigenvalue weighted by Gasteiger charge is 2.34. The first-order valence-electron chi connectivity index (χ1n) is 6.02. The molecule has 0 aromatic heterocycles.